The van der Waals surface area contributed by atoms with Gasteiger partial charge in [-0.25, -0.2) is 4.68 Å². The number of carbonyl (C=O) groups excluding carboxylic acids is 1. The van der Waals surface area contributed by atoms with E-state index in [9.17, 15) is 18.0 Å². The summed E-state index contributed by atoms with van der Waals surface area (Å²) >= 11 is 7.45. The fraction of sp³-hybridized carbons (Fsp3) is 0.348. The van der Waals surface area contributed by atoms with Gasteiger partial charge in [0.25, 0.3) is 0 Å². The van der Waals surface area contributed by atoms with E-state index in [1.165, 1.54) is 21.3 Å². The predicted octanol–water partition coefficient (Wildman–Crippen LogP) is 5.96. The lowest BCUT2D eigenvalue weighted by Gasteiger charge is -2.21. The third-order valence-corrected chi connectivity index (χ3v) is 6.42. The highest BCUT2D eigenvalue weighted by Gasteiger charge is 2.32. The van der Waals surface area contributed by atoms with Gasteiger partial charge in [-0.15, -0.1) is 0 Å². The number of pyridine rings is 1. The van der Waals surface area contributed by atoms with Crippen LogP contribution in [0.5, 0.6) is 0 Å². The van der Waals surface area contributed by atoms with Gasteiger partial charge in [-0.05, 0) is 31.0 Å². The van der Waals surface area contributed by atoms with E-state index in [2.05, 4.69) is 10.1 Å². The number of thioether (sulfide) groups is 1. The van der Waals surface area contributed by atoms with E-state index in [1.54, 1.807) is 24.7 Å². The molecule has 3 aromatic rings. The molecule has 3 rings (SSSR count). The van der Waals surface area contributed by atoms with Crippen molar-refractivity contribution in [2.24, 2.45) is 0 Å². The van der Waals surface area contributed by atoms with Gasteiger partial charge in [-0.2, -0.15) is 30.0 Å². The second-order valence-corrected chi connectivity index (χ2v) is 9.12. The number of hydrogen-bond acceptors (Lipinski definition) is 4. The van der Waals surface area contributed by atoms with Gasteiger partial charge in [0, 0.05) is 30.2 Å². The summed E-state index contributed by atoms with van der Waals surface area (Å²) in [4.78, 5) is 18.4. The summed E-state index contributed by atoms with van der Waals surface area (Å²) in [6.07, 6.45) is 0.128. The summed E-state index contributed by atoms with van der Waals surface area (Å²) in [5.41, 5.74) is 1.99. The fourth-order valence-corrected chi connectivity index (χ4v) is 4.88. The van der Waals surface area contributed by atoms with Gasteiger partial charge >= 0.3 is 6.18 Å². The smallest absolute Gasteiger partial charge is 0.308 e. The number of halogens is 4. The van der Waals surface area contributed by atoms with Crippen LogP contribution in [0.2, 0.25) is 5.15 Å². The molecule has 0 saturated carbocycles. The van der Waals surface area contributed by atoms with Crippen molar-refractivity contribution in [2.75, 3.05) is 17.2 Å². The van der Waals surface area contributed by atoms with Crippen LogP contribution in [-0.4, -0.2) is 44.4 Å². The Morgan fingerprint density at radius 1 is 1.21 bits per heavy atom. The lowest BCUT2D eigenvalue weighted by atomic mass is 10.1. The zero-order chi connectivity index (χ0) is 23.8. The van der Waals surface area contributed by atoms with Crippen molar-refractivity contribution in [3.8, 4) is 5.69 Å². The molecule has 1 unspecified atom stereocenters. The van der Waals surface area contributed by atoms with Crippen molar-refractivity contribution in [1.29, 1.82) is 0 Å². The van der Waals surface area contributed by atoms with Gasteiger partial charge in [0.05, 0.1) is 24.5 Å². The molecule has 33 heavy (non-hydrogen) atoms. The zero-order valence-corrected chi connectivity index (χ0v) is 19.6. The Morgan fingerprint density at radius 3 is 2.61 bits per heavy atom. The number of carbonyl (C=O) groups is 1. The van der Waals surface area contributed by atoms with E-state index in [4.69, 9.17) is 11.6 Å². The third-order valence-electron chi connectivity index (χ3n) is 4.90. The first-order valence-corrected chi connectivity index (χ1v) is 11.9. The van der Waals surface area contributed by atoms with Crippen LogP contribution in [0.1, 0.15) is 25.3 Å². The van der Waals surface area contributed by atoms with Crippen LogP contribution >= 0.6 is 23.4 Å². The van der Waals surface area contributed by atoms with E-state index >= 15 is 0 Å². The molecule has 0 aliphatic heterocycles. The molecule has 0 fully saturated rings. The molecule has 2 aromatic heterocycles. The van der Waals surface area contributed by atoms with Gasteiger partial charge in [-0.1, -0.05) is 41.9 Å². The van der Waals surface area contributed by atoms with Crippen molar-refractivity contribution in [3.05, 3.63) is 71.8 Å². The van der Waals surface area contributed by atoms with Crippen molar-refractivity contribution < 1.29 is 18.0 Å². The maximum absolute atomic E-state index is 13.1. The first-order chi connectivity index (χ1) is 15.8. The van der Waals surface area contributed by atoms with Gasteiger partial charge in [0.15, 0.2) is 5.15 Å². The first kappa shape index (κ1) is 25.1. The highest BCUT2D eigenvalue weighted by atomic mass is 35.5. The Kier molecular flexibility index (Phi) is 8.80. The fourth-order valence-electron chi connectivity index (χ4n) is 3.40. The van der Waals surface area contributed by atoms with Crippen LogP contribution in [0.15, 0.2) is 61.1 Å². The van der Waals surface area contributed by atoms with Crippen LogP contribution in [0.4, 0.5) is 18.9 Å². The summed E-state index contributed by atoms with van der Waals surface area (Å²) in [5.74, 6) is 0.0557. The van der Waals surface area contributed by atoms with Crippen LogP contribution in [0.3, 0.4) is 0 Å². The van der Waals surface area contributed by atoms with Crippen LogP contribution in [0.25, 0.3) is 5.69 Å². The molecule has 0 aliphatic rings. The van der Waals surface area contributed by atoms with Gasteiger partial charge < -0.3 is 4.90 Å². The number of rotatable bonds is 10. The standard InChI is InChI=1S/C23H24ClF3N4OS/c1-2-30(20-16-31(29-22(20)24)18-9-6-11-28-15-18)21(32)10-12-33-19(14-23(25,26)27)13-17-7-4-3-5-8-17/h3-9,11,15-16,19H,2,10,12-14H2,1H3. The molecule has 5 nitrogen and oxygen atoms in total. The Balaban J connectivity index is 1.63. The Hall–Kier alpha value is -2.52. The van der Waals surface area contributed by atoms with E-state index in [1.807, 2.05) is 43.3 Å². The summed E-state index contributed by atoms with van der Waals surface area (Å²) < 4.78 is 40.7. The molecule has 1 atom stereocenters. The molecular weight excluding hydrogens is 473 g/mol. The quantitative estimate of drug-likeness (QED) is 0.347. The molecule has 10 heteroatoms. The molecule has 1 aromatic carbocycles. The van der Waals surface area contributed by atoms with E-state index < -0.39 is 17.8 Å². The monoisotopic (exact) mass is 496 g/mol. The highest BCUT2D eigenvalue weighted by molar-refractivity contribution is 7.99. The largest absolute Gasteiger partial charge is 0.390 e. The normalized spacial score (nSPS) is 12.5. The third kappa shape index (κ3) is 7.50. The lowest BCUT2D eigenvalue weighted by molar-refractivity contribution is -0.134. The van der Waals surface area contributed by atoms with Gasteiger partial charge in [0.1, 0.15) is 5.69 Å². The minimum Gasteiger partial charge on any atom is -0.308 e. The van der Waals surface area contributed by atoms with Crippen molar-refractivity contribution in [1.82, 2.24) is 14.8 Å². The van der Waals surface area contributed by atoms with Crippen molar-refractivity contribution >= 4 is 35.0 Å². The SMILES string of the molecule is CCN(C(=O)CCSC(Cc1ccccc1)CC(F)(F)F)c1cn(-c2cccnc2)nc1Cl. The molecule has 0 aliphatic carbocycles. The molecule has 0 N–H and O–H groups in total. The van der Waals surface area contributed by atoms with Gasteiger partial charge in [0.2, 0.25) is 5.91 Å². The zero-order valence-electron chi connectivity index (χ0n) is 18.0. The molecule has 176 valence electrons. The number of alkyl halides is 3. The Labute approximate surface area is 200 Å². The van der Waals surface area contributed by atoms with Crippen LogP contribution in [0, 0.1) is 0 Å². The minimum absolute atomic E-state index is 0.0933. The Morgan fingerprint density at radius 2 is 1.97 bits per heavy atom. The summed E-state index contributed by atoms with van der Waals surface area (Å²) in [6.45, 7) is 2.17. The average molecular weight is 497 g/mol. The molecular formula is C23H24ClF3N4OS. The number of benzene rings is 1. The number of aromatic nitrogens is 3. The first-order valence-electron chi connectivity index (χ1n) is 10.4. The molecule has 0 bridgehead atoms. The topological polar surface area (TPSA) is 51.0 Å². The molecule has 0 spiro atoms. The molecule has 2 heterocycles. The maximum atomic E-state index is 13.1. The number of hydrogen-bond donors (Lipinski definition) is 0. The van der Waals surface area contributed by atoms with Crippen LogP contribution < -0.4 is 4.90 Å². The van der Waals surface area contributed by atoms with E-state index in [0.717, 1.165) is 5.56 Å². The number of anilines is 1. The average Bonchev–Trinajstić information content (AvgIpc) is 3.16. The maximum Gasteiger partial charge on any atom is 0.390 e. The Bertz CT molecular complexity index is 1030. The molecule has 0 saturated heterocycles. The van der Waals surface area contributed by atoms with Crippen LogP contribution in [-0.2, 0) is 11.2 Å². The minimum atomic E-state index is -4.26. The second-order valence-electron chi connectivity index (χ2n) is 7.35. The highest BCUT2D eigenvalue weighted by Crippen LogP contribution is 2.31. The van der Waals surface area contributed by atoms with Gasteiger partial charge in [-0.3, -0.25) is 9.78 Å². The summed E-state index contributed by atoms with van der Waals surface area (Å²) in [5, 5.41) is 3.75. The second kappa shape index (κ2) is 11.6. The number of nitrogens with zero attached hydrogens (tertiary/aromatic N) is 4. The van der Waals surface area contributed by atoms with E-state index in [0.29, 0.717) is 24.3 Å². The number of amides is 1. The summed E-state index contributed by atoms with van der Waals surface area (Å²) in [6, 6.07) is 12.6. The van der Waals surface area contributed by atoms with Crippen molar-refractivity contribution in [3.63, 3.8) is 0 Å². The molecule has 0 radical (unpaired) electrons. The van der Waals surface area contributed by atoms with E-state index in [-0.39, 0.29) is 23.2 Å². The van der Waals surface area contributed by atoms with Crippen molar-refractivity contribution in [2.45, 2.75) is 37.6 Å². The molecule has 1 amide bonds. The predicted molar refractivity (Wildman–Crippen MR) is 126 cm³/mol. The lowest BCUT2D eigenvalue weighted by Crippen LogP contribution is -2.31. The summed E-state index contributed by atoms with van der Waals surface area (Å²) in [7, 11) is 0.